The van der Waals surface area contributed by atoms with Gasteiger partial charge in [0.1, 0.15) is 5.75 Å². The number of piperidine rings is 1. The lowest BCUT2D eigenvalue weighted by molar-refractivity contribution is -0.170. The van der Waals surface area contributed by atoms with Gasteiger partial charge >= 0.3 is 18.2 Å². The number of amides is 1. The summed E-state index contributed by atoms with van der Waals surface area (Å²) in [4.78, 5) is 26.3. The van der Waals surface area contributed by atoms with Crippen molar-refractivity contribution in [3.05, 3.63) is 42.5 Å². The van der Waals surface area contributed by atoms with Crippen molar-refractivity contribution in [3.63, 3.8) is 0 Å². The zero-order valence-electron chi connectivity index (χ0n) is 15.6. The lowest BCUT2D eigenvalue weighted by atomic mass is 9.82. The molecule has 0 radical (unpaired) electrons. The van der Waals surface area contributed by atoms with Gasteiger partial charge in [-0.3, -0.25) is 0 Å². The molecular weight excluding hydrogens is 379 g/mol. The van der Waals surface area contributed by atoms with Crippen LogP contribution in [0.25, 0.3) is 0 Å². The van der Waals surface area contributed by atoms with E-state index in [1.54, 1.807) is 0 Å². The van der Waals surface area contributed by atoms with E-state index in [0.717, 1.165) is 24.3 Å². The lowest BCUT2D eigenvalue weighted by Gasteiger charge is -2.46. The van der Waals surface area contributed by atoms with E-state index >= 15 is 0 Å². The van der Waals surface area contributed by atoms with Gasteiger partial charge in [0.05, 0.1) is 25.8 Å². The zero-order valence-corrected chi connectivity index (χ0v) is 15.6. The molecule has 2 rings (SSSR count). The molecule has 1 saturated heterocycles. The summed E-state index contributed by atoms with van der Waals surface area (Å²) in [5, 5.41) is 0. The van der Waals surface area contributed by atoms with Gasteiger partial charge in [-0.25, -0.2) is 9.59 Å². The highest BCUT2D eigenvalue weighted by atomic mass is 19.4. The molecule has 1 fully saturated rings. The van der Waals surface area contributed by atoms with Crippen LogP contribution in [0.2, 0.25) is 0 Å². The Morgan fingerprint density at radius 3 is 2.39 bits per heavy atom. The molecule has 28 heavy (non-hydrogen) atoms. The monoisotopic (exact) mass is 401 g/mol. The van der Waals surface area contributed by atoms with Crippen LogP contribution in [0, 0.1) is 0 Å². The van der Waals surface area contributed by atoms with Gasteiger partial charge in [-0.1, -0.05) is 6.08 Å². The van der Waals surface area contributed by atoms with Crippen LogP contribution in [-0.4, -0.2) is 49.4 Å². The molecule has 0 aliphatic carbocycles. The number of alkyl halides is 3. The number of ether oxygens (including phenoxy) is 3. The average Bonchev–Trinajstić information content (AvgIpc) is 2.67. The number of rotatable bonds is 5. The highest BCUT2D eigenvalue weighted by Crippen LogP contribution is 2.37. The highest BCUT2D eigenvalue weighted by Gasteiger charge is 2.55. The fraction of sp³-hybridized carbons (Fsp3) is 0.474. The zero-order chi connectivity index (χ0) is 20.9. The van der Waals surface area contributed by atoms with Gasteiger partial charge < -0.3 is 19.1 Å². The van der Waals surface area contributed by atoms with Gasteiger partial charge in [0.15, 0.2) is 0 Å². The van der Waals surface area contributed by atoms with E-state index in [1.165, 1.54) is 25.2 Å². The molecule has 1 aromatic rings. The second kappa shape index (κ2) is 8.53. The van der Waals surface area contributed by atoms with E-state index in [0.29, 0.717) is 13.0 Å². The van der Waals surface area contributed by atoms with Crippen LogP contribution in [0.1, 0.15) is 24.8 Å². The topological polar surface area (TPSA) is 65.1 Å². The molecule has 1 amide bonds. The van der Waals surface area contributed by atoms with Gasteiger partial charge in [-0.05, 0) is 37.1 Å². The summed E-state index contributed by atoms with van der Waals surface area (Å²) in [6.07, 6.45) is -2.78. The molecule has 1 aliphatic rings. The van der Waals surface area contributed by atoms with Crippen molar-refractivity contribution < 1.29 is 37.0 Å². The van der Waals surface area contributed by atoms with Gasteiger partial charge in [0.25, 0.3) is 0 Å². The molecule has 1 heterocycles. The minimum atomic E-state index is -4.49. The summed E-state index contributed by atoms with van der Waals surface area (Å²) < 4.78 is 54.0. The van der Waals surface area contributed by atoms with Crippen LogP contribution in [0.3, 0.4) is 0 Å². The number of hydrogen-bond donors (Lipinski definition) is 0. The summed E-state index contributed by atoms with van der Waals surface area (Å²) in [6.45, 7) is 3.99. The third-order valence-electron chi connectivity index (χ3n) is 4.67. The number of halogens is 3. The predicted octanol–water partition coefficient (Wildman–Crippen LogP) is 3.80. The molecule has 0 aromatic heterocycles. The average molecular weight is 401 g/mol. The Labute approximate surface area is 160 Å². The first-order valence-corrected chi connectivity index (χ1v) is 8.59. The molecule has 0 N–H and O–H groups in total. The van der Waals surface area contributed by atoms with Crippen LogP contribution in [0.15, 0.2) is 36.9 Å². The van der Waals surface area contributed by atoms with E-state index in [4.69, 9.17) is 14.2 Å². The Kier molecular flexibility index (Phi) is 6.58. The number of hydrogen-bond acceptors (Lipinski definition) is 5. The smallest absolute Gasteiger partial charge is 0.416 e. The number of methoxy groups -OCH3 is 2. The Bertz CT molecular complexity index is 719. The molecule has 2 atom stereocenters. The molecule has 154 valence electrons. The quantitative estimate of drug-likeness (QED) is 0.555. The summed E-state index contributed by atoms with van der Waals surface area (Å²) in [6, 6.07) is 3.21. The molecule has 0 saturated carbocycles. The first kappa shape index (κ1) is 21.6. The predicted molar refractivity (Wildman–Crippen MR) is 93.8 cm³/mol. The SMILES string of the molecule is C=CCC1N(C(=O)OC)CCC[C@@]1(Oc1ccc(C(F)(F)F)cc1)C(=O)OC. The minimum absolute atomic E-state index is 0.0548. The van der Waals surface area contributed by atoms with E-state index in [1.807, 2.05) is 0 Å². The Morgan fingerprint density at radius 1 is 1.25 bits per heavy atom. The third kappa shape index (κ3) is 4.23. The first-order chi connectivity index (χ1) is 13.2. The Hall–Kier alpha value is -2.71. The Balaban J connectivity index is 2.45. The maximum absolute atomic E-state index is 12.8. The molecule has 1 aromatic carbocycles. The Morgan fingerprint density at radius 2 is 1.89 bits per heavy atom. The number of benzene rings is 1. The first-order valence-electron chi connectivity index (χ1n) is 8.59. The van der Waals surface area contributed by atoms with Crippen molar-refractivity contribution in [2.24, 2.45) is 0 Å². The number of carbonyl (C=O) groups is 2. The van der Waals surface area contributed by atoms with E-state index in [-0.39, 0.29) is 18.6 Å². The fourth-order valence-electron chi connectivity index (χ4n) is 3.39. The molecule has 9 heteroatoms. The van der Waals surface area contributed by atoms with E-state index in [2.05, 4.69) is 6.58 Å². The minimum Gasteiger partial charge on any atom is -0.473 e. The number of carbonyl (C=O) groups excluding carboxylic acids is 2. The second-order valence-electron chi connectivity index (χ2n) is 6.31. The van der Waals surface area contributed by atoms with Crippen LogP contribution in [0.4, 0.5) is 18.0 Å². The largest absolute Gasteiger partial charge is 0.473 e. The van der Waals surface area contributed by atoms with Crippen LogP contribution in [0.5, 0.6) is 5.75 Å². The summed E-state index contributed by atoms with van der Waals surface area (Å²) in [5.41, 5.74) is -2.44. The fourth-order valence-corrected chi connectivity index (χ4v) is 3.39. The maximum Gasteiger partial charge on any atom is 0.416 e. The number of likely N-dealkylation sites (tertiary alicyclic amines) is 1. The summed E-state index contributed by atoms with van der Waals surface area (Å²) >= 11 is 0. The molecule has 1 aliphatic heterocycles. The van der Waals surface area contributed by atoms with Crippen molar-refractivity contribution >= 4 is 12.1 Å². The second-order valence-corrected chi connectivity index (χ2v) is 6.31. The molecular formula is C19H22F3NO5. The van der Waals surface area contributed by atoms with Crippen molar-refractivity contribution in [1.29, 1.82) is 0 Å². The van der Waals surface area contributed by atoms with Crippen LogP contribution >= 0.6 is 0 Å². The van der Waals surface area contributed by atoms with Gasteiger partial charge in [0.2, 0.25) is 5.60 Å². The number of esters is 1. The summed E-state index contributed by atoms with van der Waals surface area (Å²) in [5.74, 6) is -0.674. The van der Waals surface area contributed by atoms with E-state index in [9.17, 15) is 22.8 Å². The van der Waals surface area contributed by atoms with Gasteiger partial charge in [-0.15, -0.1) is 6.58 Å². The van der Waals surface area contributed by atoms with Crippen molar-refractivity contribution in [2.45, 2.75) is 37.1 Å². The van der Waals surface area contributed by atoms with Crippen molar-refractivity contribution in [2.75, 3.05) is 20.8 Å². The van der Waals surface area contributed by atoms with Gasteiger partial charge in [-0.2, -0.15) is 13.2 Å². The third-order valence-corrected chi connectivity index (χ3v) is 4.67. The van der Waals surface area contributed by atoms with Crippen LogP contribution < -0.4 is 4.74 Å². The standard InChI is InChI=1S/C19H22F3NO5/c1-4-6-15-18(16(24)26-2,11-5-12-23(15)17(25)27-3)28-14-9-7-13(8-10-14)19(20,21)22/h4,7-10,15H,1,5-6,11-12H2,2-3H3/t15?,18-/m0/s1. The van der Waals surface area contributed by atoms with E-state index < -0.39 is 35.4 Å². The lowest BCUT2D eigenvalue weighted by Crippen LogP contribution is -2.65. The van der Waals surface area contributed by atoms with Gasteiger partial charge in [0, 0.05) is 13.0 Å². The molecule has 1 unspecified atom stereocenters. The highest BCUT2D eigenvalue weighted by molar-refractivity contribution is 5.83. The van der Waals surface area contributed by atoms with Crippen molar-refractivity contribution in [1.82, 2.24) is 4.90 Å². The van der Waals surface area contributed by atoms with Crippen molar-refractivity contribution in [3.8, 4) is 5.75 Å². The summed E-state index contributed by atoms with van der Waals surface area (Å²) in [7, 11) is 2.40. The normalized spacial score (nSPS) is 22.3. The molecule has 0 spiro atoms. The number of nitrogens with zero attached hydrogens (tertiary/aromatic N) is 1. The molecule has 0 bridgehead atoms. The maximum atomic E-state index is 12.8. The van der Waals surface area contributed by atoms with Crippen LogP contribution in [-0.2, 0) is 20.4 Å². The molecule has 6 nitrogen and oxygen atoms in total.